The number of carbonyl (C=O) groups excluding carboxylic acids is 1. The molecule has 4 nitrogen and oxygen atoms in total. The van der Waals surface area contributed by atoms with Gasteiger partial charge in [-0.2, -0.15) is 0 Å². The minimum absolute atomic E-state index is 0.0274. The van der Waals surface area contributed by atoms with Gasteiger partial charge in [-0.15, -0.1) is 0 Å². The number of benzene rings is 2. The number of piperazine rings is 1. The van der Waals surface area contributed by atoms with Crippen LogP contribution in [0.25, 0.3) is 0 Å². The van der Waals surface area contributed by atoms with Gasteiger partial charge in [0.1, 0.15) is 0 Å². The molecule has 5 heteroatoms. The number of amides is 2. The molecule has 1 fully saturated rings. The van der Waals surface area contributed by atoms with Crippen LogP contribution in [0.3, 0.4) is 0 Å². The number of halogens is 1. The van der Waals surface area contributed by atoms with Crippen molar-refractivity contribution in [3.05, 3.63) is 64.2 Å². The summed E-state index contributed by atoms with van der Waals surface area (Å²) < 4.78 is 0. The standard InChI is InChI=1S/C21H26ClN3O/c1-16-3-4-17(2)20(15-16)24-11-13-25(14-12-24)21(26)23-10-9-18-5-7-19(22)8-6-18/h3-8,15H,9-14H2,1-2H3,(H,23,26). The van der Waals surface area contributed by atoms with Gasteiger partial charge in [-0.3, -0.25) is 0 Å². The topological polar surface area (TPSA) is 35.6 Å². The molecule has 26 heavy (non-hydrogen) atoms. The Morgan fingerprint density at radius 1 is 1.04 bits per heavy atom. The summed E-state index contributed by atoms with van der Waals surface area (Å²) in [5.41, 5.74) is 5.02. The first kappa shape index (κ1) is 18.6. The highest BCUT2D eigenvalue weighted by Crippen LogP contribution is 2.22. The zero-order valence-corrected chi connectivity index (χ0v) is 16.2. The molecule has 2 amide bonds. The Balaban J connectivity index is 1.46. The van der Waals surface area contributed by atoms with Crippen LogP contribution < -0.4 is 10.2 Å². The molecule has 0 aromatic heterocycles. The fourth-order valence-electron chi connectivity index (χ4n) is 3.29. The van der Waals surface area contributed by atoms with Crippen LogP contribution in [0.15, 0.2) is 42.5 Å². The maximum atomic E-state index is 12.4. The number of anilines is 1. The number of carbonyl (C=O) groups is 1. The minimum atomic E-state index is 0.0274. The summed E-state index contributed by atoms with van der Waals surface area (Å²) in [4.78, 5) is 16.7. The van der Waals surface area contributed by atoms with Crippen LogP contribution in [0.2, 0.25) is 5.02 Å². The highest BCUT2D eigenvalue weighted by Gasteiger charge is 2.21. The summed E-state index contributed by atoms with van der Waals surface area (Å²) in [5.74, 6) is 0. The fraction of sp³-hybridized carbons (Fsp3) is 0.381. The third kappa shape index (κ3) is 4.70. The van der Waals surface area contributed by atoms with Crippen molar-refractivity contribution in [1.82, 2.24) is 10.2 Å². The lowest BCUT2D eigenvalue weighted by Crippen LogP contribution is -2.52. The molecule has 0 spiro atoms. The summed E-state index contributed by atoms with van der Waals surface area (Å²) in [5, 5.41) is 3.76. The number of aryl methyl sites for hydroxylation is 2. The first-order valence-electron chi connectivity index (χ1n) is 9.12. The molecular formula is C21H26ClN3O. The van der Waals surface area contributed by atoms with Gasteiger partial charge in [-0.25, -0.2) is 4.79 Å². The SMILES string of the molecule is Cc1ccc(C)c(N2CCN(C(=O)NCCc3ccc(Cl)cc3)CC2)c1. The molecule has 1 heterocycles. The quantitative estimate of drug-likeness (QED) is 0.880. The summed E-state index contributed by atoms with van der Waals surface area (Å²) in [6.45, 7) is 8.14. The molecule has 138 valence electrons. The Morgan fingerprint density at radius 2 is 1.73 bits per heavy atom. The normalized spacial score (nSPS) is 14.4. The van der Waals surface area contributed by atoms with Crippen molar-refractivity contribution in [1.29, 1.82) is 0 Å². The summed E-state index contributed by atoms with van der Waals surface area (Å²) >= 11 is 5.89. The van der Waals surface area contributed by atoms with Crippen molar-refractivity contribution < 1.29 is 4.79 Å². The first-order valence-corrected chi connectivity index (χ1v) is 9.50. The molecule has 0 unspecified atom stereocenters. The molecule has 2 aromatic carbocycles. The van der Waals surface area contributed by atoms with Crippen LogP contribution in [-0.2, 0) is 6.42 Å². The molecule has 1 N–H and O–H groups in total. The number of nitrogens with zero attached hydrogens (tertiary/aromatic N) is 2. The van der Waals surface area contributed by atoms with E-state index in [1.807, 2.05) is 29.2 Å². The number of hydrogen-bond donors (Lipinski definition) is 1. The summed E-state index contributed by atoms with van der Waals surface area (Å²) in [6, 6.07) is 14.3. The van der Waals surface area contributed by atoms with Crippen LogP contribution in [0, 0.1) is 13.8 Å². The van der Waals surface area contributed by atoms with Crippen molar-refractivity contribution in [2.24, 2.45) is 0 Å². The van der Waals surface area contributed by atoms with Crippen molar-refractivity contribution in [2.75, 3.05) is 37.6 Å². The van der Waals surface area contributed by atoms with E-state index in [-0.39, 0.29) is 6.03 Å². The third-order valence-electron chi connectivity index (χ3n) is 4.88. The molecule has 2 aromatic rings. The molecule has 0 saturated carbocycles. The van der Waals surface area contributed by atoms with Gasteiger partial charge >= 0.3 is 6.03 Å². The van der Waals surface area contributed by atoms with Crippen LogP contribution in [0.5, 0.6) is 0 Å². The van der Waals surface area contributed by atoms with Gasteiger partial charge in [-0.1, -0.05) is 35.9 Å². The van der Waals surface area contributed by atoms with E-state index >= 15 is 0 Å². The lowest BCUT2D eigenvalue weighted by Gasteiger charge is -2.37. The third-order valence-corrected chi connectivity index (χ3v) is 5.13. The van der Waals surface area contributed by atoms with Gasteiger partial charge in [0.25, 0.3) is 0 Å². The first-order chi connectivity index (χ1) is 12.5. The van der Waals surface area contributed by atoms with E-state index in [4.69, 9.17) is 11.6 Å². The van der Waals surface area contributed by atoms with E-state index in [1.165, 1.54) is 22.4 Å². The van der Waals surface area contributed by atoms with E-state index in [0.29, 0.717) is 6.54 Å². The maximum Gasteiger partial charge on any atom is 0.317 e. The Hall–Kier alpha value is -2.20. The molecule has 0 bridgehead atoms. The predicted molar refractivity (Wildman–Crippen MR) is 108 cm³/mol. The second kappa shape index (κ2) is 8.45. The van der Waals surface area contributed by atoms with Crippen LogP contribution >= 0.6 is 11.6 Å². The molecule has 1 aliphatic heterocycles. The Labute approximate surface area is 160 Å². The van der Waals surface area contributed by atoms with E-state index in [1.54, 1.807) is 0 Å². The Kier molecular flexibility index (Phi) is 6.04. The lowest BCUT2D eigenvalue weighted by atomic mass is 10.1. The monoisotopic (exact) mass is 371 g/mol. The largest absolute Gasteiger partial charge is 0.368 e. The zero-order chi connectivity index (χ0) is 18.5. The van der Waals surface area contributed by atoms with E-state index < -0.39 is 0 Å². The minimum Gasteiger partial charge on any atom is -0.368 e. The van der Waals surface area contributed by atoms with Gasteiger partial charge < -0.3 is 15.1 Å². The van der Waals surface area contributed by atoms with Crippen molar-refractivity contribution in [3.63, 3.8) is 0 Å². The molecule has 0 radical (unpaired) electrons. The van der Waals surface area contributed by atoms with Crippen LogP contribution in [0.4, 0.5) is 10.5 Å². The second-order valence-electron chi connectivity index (χ2n) is 6.87. The average Bonchev–Trinajstić information content (AvgIpc) is 2.65. The van der Waals surface area contributed by atoms with Crippen LogP contribution in [-0.4, -0.2) is 43.7 Å². The second-order valence-corrected chi connectivity index (χ2v) is 7.31. The highest BCUT2D eigenvalue weighted by molar-refractivity contribution is 6.30. The van der Waals surface area contributed by atoms with Crippen LogP contribution in [0.1, 0.15) is 16.7 Å². The number of rotatable bonds is 4. The van der Waals surface area contributed by atoms with Gasteiger partial charge in [0.15, 0.2) is 0 Å². The smallest absolute Gasteiger partial charge is 0.317 e. The number of nitrogens with one attached hydrogen (secondary N) is 1. The zero-order valence-electron chi connectivity index (χ0n) is 15.5. The molecule has 3 rings (SSSR count). The summed E-state index contributed by atoms with van der Waals surface area (Å²) in [6.07, 6.45) is 0.811. The fourth-order valence-corrected chi connectivity index (χ4v) is 3.41. The van der Waals surface area contributed by atoms with Crippen molar-refractivity contribution in [2.45, 2.75) is 20.3 Å². The van der Waals surface area contributed by atoms with Crippen molar-refractivity contribution >= 4 is 23.3 Å². The van der Waals surface area contributed by atoms with Gasteiger partial charge in [0.2, 0.25) is 0 Å². The van der Waals surface area contributed by atoms with E-state index in [9.17, 15) is 4.79 Å². The maximum absolute atomic E-state index is 12.4. The molecule has 1 aliphatic rings. The Bertz CT molecular complexity index is 752. The Morgan fingerprint density at radius 3 is 2.42 bits per heavy atom. The highest BCUT2D eigenvalue weighted by atomic mass is 35.5. The average molecular weight is 372 g/mol. The molecule has 0 atom stereocenters. The molecule has 0 aliphatic carbocycles. The van der Waals surface area contributed by atoms with Crippen molar-refractivity contribution in [3.8, 4) is 0 Å². The van der Waals surface area contributed by atoms with Gasteiger partial charge in [0.05, 0.1) is 0 Å². The van der Waals surface area contributed by atoms with Gasteiger partial charge in [-0.05, 0) is 55.2 Å². The predicted octanol–water partition coefficient (Wildman–Crippen LogP) is 4.03. The molecule has 1 saturated heterocycles. The summed E-state index contributed by atoms with van der Waals surface area (Å²) in [7, 11) is 0. The number of hydrogen-bond acceptors (Lipinski definition) is 2. The number of urea groups is 1. The van der Waals surface area contributed by atoms with E-state index in [2.05, 4.69) is 42.3 Å². The van der Waals surface area contributed by atoms with Gasteiger partial charge in [0, 0.05) is 43.4 Å². The molecular weight excluding hydrogens is 346 g/mol. The lowest BCUT2D eigenvalue weighted by molar-refractivity contribution is 0.194. The van der Waals surface area contributed by atoms with E-state index in [0.717, 1.165) is 37.6 Å².